The molecule has 0 saturated heterocycles. The zero-order chi connectivity index (χ0) is 12.8. The summed E-state index contributed by atoms with van der Waals surface area (Å²) in [5, 5.41) is 3.64. The first-order valence-corrected chi connectivity index (χ1v) is 8.15. The lowest BCUT2D eigenvalue weighted by Crippen LogP contribution is -2.21. The monoisotopic (exact) mass is 409 g/mol. The van der Waals surface area contributed by atoms with Crippen LogP contribution in [0.15, 0.2) is 22.7 Å². The second-order valence-electron chi connectivity index (χ2n) is 4.62. The number of halogens is 2. The maximum Gasteiger partial charge on any atom is 0.0487 e. The van der Waals surface area contributed by atoms with Crippen LogP contribution in [0.25, 0.3) is 0 Å². The van der Waals surface area contributed by atoms with E-state index in [1.807, 2.05) is 0 Å². The Balaban J connectivity index is 2.67. The molecule has 1 aromatic carbocycles. The second-order valence-corrected chi connectivity index (χ2v) is 6.72. The Labute approximate surface area is 127 Å². The molecule has 0 fully saturated rings. The zero-order valence-electron chi connectivity index (χ0n) is 10.8. The molecule has 0 spiro atoms. The molecule has 0 radical (unpaired) electrons. The predicted molar refractivity (Wildman–Crippen MR) is 88.6 cm³/mol. The van der Waals surface area contributed by atoms with Crippen LogP contribution in [0.2, 0.25) is 0 Å². The van der Waals surface area contributed by atoms with Gasteiger partial charge in [0.15, 0.2) is 0 Å². The highest BCUT2D eigenvalue weighted by molar-refractivity contribution is 14.1. The molecule has 2 atom stereocenters. The summed E-state index contributed by atoms with van der Waals surface area (Å²) in [4.78, 5) is 0. The van der Waals surface area contributed by atoms with Crippen molar-refractivity contribution in [1.82, 2.24) is 0 Å². The highest BCUT2D eigenvalue weighted by Crippen LogP contribution is 2.26. The molecule has 0 amide bonds. The molecule has 17 heavy (non-hydrogen) atoms. The third-order valence-electron chi connectivity index (χ3n) is 3.17. The van der Waals surface area contributed by atoms with E-state index in [0.29, 0.717) is 6.04 Å². The number of benzene rings is 1. The van der Waals surface area contributed by atoms with E-state index in [2.05, 4.69) is 82.8 Å². The standard InChI is InChI=1S/C14H21BrIN/c1-4-10(3)8-12(5-2)17-14-7-6-11(16)9-13(14)15/h6-7,9-10,12,17H,4-5,8H2,1-3H3. The van der Waals surface area contributed by atoms with Gasteiger partial charge in [-0.05, 0) is 75.5 Å². The van der Waals surface area contributed by atoms with Gasteiger partial charge < -0.3 is 5.32 Å². The molecule has 0 aliphatic carbocycles. The van der Waals surface area contributed by atoms with Crippen molar-refractivity contribution in [3.8, 4) is 0 Å². The lowest BCUT2D eigenvalue weighted by Gasteiger charge is -2.22. The number of hydrogen-bond donors (Lipinski definition) is 1. The van der Waals surface area contributed by atoms with Crippen molar-refractivity contribution in [3.05, 3.63) is 26.2 Å². The quantitative estimate of drug-likeness (QED) is 0.596. The molecule has 1 aromatic rings. The van der Waals surface area contributed by atoms with Gasteiger partial charge in [-0.2, -0.15) is 0 Å². The number of nitrogens with one attached hydrogen (secondary N) is 1. The third kappa shape index (κ3) is 5.16. The van der Waals surface area contributed by atoms with Gasteiger partial charge in [0.05, 0.1) is 0 Å². The van der Waals surface area contributed by atoms with Gasteiger partial charge in [0.25, 0.3) is 0 Å². The van der Waals surface area contributed by atoms with Gasteiger partial charge in [0.2, 0.25) is 0 Å². The van der Waals surface area contributed by atoms with E-state index in [1.165, 1.54) is 28.5 Å². The van der Waals surface area contributed by atoms with Crippen LogP contribution < -0.4 is 5.32 Å². The molecule has 0 aliphatic rings. The predicted octanol–water partition coefficient (Wildman–Crippen LogP) is 5.68. The van der Waals surface area contributed by atoms with E-state index < -0.39 is 0 Å². The third-order valence-corrected chi connectivity index (χ3v) is 4.49. The van der Waals surface area contributed by atoms with E-state index in [4.69, 9.17) is 0 Å². The molecule has 1 nitrogen and oxygen atoms in total. The van der Waals surface area contributed by atoms with E-state index in [0.717, 1.165) is 10.4 Å². The Hall–Kier alpha value is 0.230. The smallest absolute Gasteiger partial charge is 0.0487 e. The van der Waals surface area contributed by atoms with E-state index in [-0.39, 0.29) is 0 Å². The first-order valence-electron chi connectivity index (χ1n) is 6.28. The molecule has 0 saturated carbocycles. The van der Waals surface area contributed by atoms with Gasteiger partial charge in [-0.25, -0.2) is 0 Å². The van der Waals surface area contributed by atoms with Crippen LogP contribution in [-0.4, -0.2) is 6.04 Å². The summed E-state index contributed by atoms with van der Waals surface area (Å²) in [6.45, 7) is 6.84. The molecule has 0 aliphatic heterocycles. The molecule has 1 rings (SSSR count). The molecule has 1 N–H and O–H groups in total. The summed E-state index contributed by atoms with van der Waals surface area (Å²) in [6.07, 6.45) is 3.67. The van der Waals surface area contributed by atoms with Gasteiger partial charge in [-0.15, -0.1) is 0 Å². The van der Waals surface area contributed by atoms with Crippen LogP contribution in [0.3, 0.4) is 0 Å². The number of hydrogen-bond acceptors (Lipinski definition) is 1. The Morgan fingerprint density at radius 2 is 2.00 bits per heavy atom. The maximum atomic E-state index is 3.64. The summed E-state index contributed by atoms with van der Waals surface area (Å²) >= 11 is 5.95. The Kier molecular flexibility index (Phi) is 6.85. The highest BCUT2D eigenvalue weighted by Gasteiger charge is 2.11. The van der Waals surface area contributed by atoms with E-state index in [9.17, 15) is 0 Å². The van der Waals surface area contributed by atoms with Crippen LogP contribution in [0.1, 0.15) is 40.0 Å². The minimum absolute atomic E-state index is 0.571. The fraction of sp³-hybridized carbons (Fsp3) is 0.571. The first-order chi connectivity index (χ1) is 8.06. The van der Waals surface area contributed by atoms with Crippen LogP contribution in [0, 0.1) is 9.49 Å². The van der Waals surface area contributed by atoms with Crippen molar-refractivity contribution in [1.29, 1.82) is 0 Å². The fourth-order valence-electron chi connectivity index (χ4n) is 1.81. The molecule has 0 bridgehead atoms. The average molecular weight is 410 g/mol. The van der Waals surface area contributed by atoms with Gasteiger partial charge in [-0.1, -0.05) is 27.2 Å². The Morgan fingerprint density at radius 3 is 2.53 bits per heavy atom. The summed E-state index contributed by atoms with van der Waals surface area (Å²) in [7, 11) is 0. The molecule has 2 unspecified atom stereocenters. The van der Waals surface area contributed by atoms with Crippen molar-refractivity contribution in [2.24, 2.45) is 5.92 Å². The Morgan fingerprint density at radius 1 is 1.29 bits per heavy atom. The van der Waals surface area contributed by atoms with Crippen LogP contribution >= 0.6 is 38.5 Å². The summed E-state index contributed by atoms with van der Waals surface area (Å²) < 4.78 is 2.42. The minimum atomic E-state index is 0.571. The van der Waals surface area contributed by atoms with Gasteiger partial charge >= 0.3 is 0 Å². The lowest BCUT2D eigenvalue weighted by atomic mass is 9.97. The van der Waals surface area contributed by atoms with Crippen LogP contribution in [0.4, 0.5) is 5.69 Å². The first kappa shape index (κ1) is 15.3. The average Bonchev–Trinajstić information content (AvgIpc) is 2.31. The molecule has 96 valence electrons. The largest absolute Gasteiger partial charge is 0.381 e. The van der Waals surface area contributed by atoms with Crippen LogP contribution in [-0.2, 0) is 0 Å². The van der Waals surface area contributed by atoms with Gasteiger partial charge in [0.1, 0.15) is 0 Å². The second kappa shape index (κ2) is 7.62. The Bertz CT molecular complexity index is 354. The van der Waals surface area contributed by atoms with Crippen LogP contribution in [0.5, 0.6) is 0 Å². The van der Waals surface area contributed by atoms with Crippen molar-refractivity contribution in [2.75, 3.05) is 5.32 Å². The zero-order valence-corrected chi connectivity index (χ0v) is 14.5. The molecule has 3 heteroatoms. The minimum Gasteiger partial charge on any atom is -0.381 e. The topological polar surface area (TPSA) is 12.0 Å². The normalized spacial score (nSPS) is 14.4. The maximum absolute atomic E-state index is 3.64. The SMILES string of the molecule is CCC(C)CC(CC)Nc1ccc(I)cc1Br. The van der Waals surface area contributed by atoms with E-state index in [1.54, 1.807) is 0 Å². The molecular formula is C14H21BrIN. The molecule has 0 aromatic heterocycles. The number of rotatable bonds is 6. The summed E-state index contributed by atoms with van der Waals surface area (Å²) in [6, 6.07) is 7.02. The number of anilines is 1. The summed E-state index contributed by atoms with van der Waals surface area (Å²) in [5.74, 6) is 0.787. The highest BCUT2D eigenvalue weighted by atomic mass is 127. The van der Waals surface area contributed by atoms with Crippen molar-refractivity contribution in [3.63, 3.8) is 0 Å². The van der Waals surface area contributed by atoms with Gasteiger partial charge in [-0.3, -0.25) is 0 Å². The van der Waals surface area contributed by atoms with E-state index >= 15 is 0 Å². The lowest BCUT2D eigenvalue weighted by molar-refractivity contribution is 0.461. The van der Waals surface area contributed by atoms with Crippen molar-refractivity contribution < 1.29 is 0 Å². The molecule has 0 heterocycles. The molecular weight excluding hydrogens is 389 g/mol. The summed E-state index contributed by atoms with van der Waals surface area (Å²) in [5.41, 5.74) is 1.21. The fourth-order valence-corrected chi connectivity index (χ4v) is 3.22. The van der Waals surface area contributed by atoms with Gasteiger partial charge in [0, 0.05) is 19.8 Å². The van der Waals surface area contributed by atoms with Crippen molar-refractivity contribution >= 4 is 44.2 Å². The van der Waals surface area contributed by atoms with Crippen molar-refractivity contribution in [2.45, 2.75) is 46.1 Å².